The molecule has 1 atom stereocenters. The maximum Gasteiger partial charge on any atom is 0.129 e. The minimum absolute atomic E-state index is 0.0768. The van der Waals surface area contributed by atoms with Gasteiger partial charge in [-0.2, -0.15) is 0 Å². The van der Waals surface area contributed by atoms with E-state index in [2.05, 4.69) is 0 Å². The van der Waals surface area contributed by atoms with Crippen LogP contribution in [0.1, 0.15) is 18.1 Å². The Labute approximate surface area is 83.3 Å². The van der Waals surface area contributed by atoms with Gasteiger partial charge in [-0.15, -0.1) is 0 Å². The summed E-state index contributed by atoms with van der Waals surface area (Å²) >= 11 is 0. The molecule has 0 radical (unpaired) electrons. The van der Waals surface area contributed by atoms with Crippen molar-refractivity contribution in [3.63, 3.8) is 0 Å². The lowest BCUT2D eigenvalue weighted by molar-refractivity contribution is -0.0232. The number of hydrogen-bond acceptors (Lipinski definition) is 2. The molecule has 0 amide bonds. The highest BCUT2D eigenvalue weighted by molar-refractivity contribution is 5.28. The van der Waals surface area contributed by atoms with Crippen molar-refractivity contribution < 1.29 is 14.2 Å². The zero-order valence-corrected chi connectivity index (χ0v) is 8.67. The van der Waals surface area contributed by atoms with E-state index in [0.717, 1.165) is 5.56 Å². The van der Waals surface area contributed by atoms with Crippen LogP contribution in [0.25, 0.3) is 0 Å². The van der Waals surface area contributed by atoms with Gasteiger partial charge in [-0.3, -0.25) is 0 Å². The summed E-state index contributed by atoms with van der Waals surface area (Å²) in [6.07, 6.45) is 0. The van der Waals surface area contributed by atoms with Crippen molar-refractivity contribution in [1.82, 2.24) is 0 Å². The molecule has 2 nitrogen and oxygen atoms in total. The van der Waals surface area contributed by atoms with Gasteiger partial charge in [0.15, 0.2) is 0 Å². The number of aliphatic hydroxyl groups is 1. The highest BCUT2D eigenvalue weighted by Crippen LogP contribution is 2.24. The molecule has 78 valence electrons. The molecule has 0 saturated heterocycles. The van der Waals surface area contributed by atoms with Crippen LogP contribution in [0, 0.1) is 12.7 Å². The first-order chi connectivity index (χ1) is 6.47. The minimum Gasteiger partial charge on any atom is -0.383 e. The quantitative estimate of drug-likeness (QED) is 0.804. The topological polar surface area (TPSA) is 29.5 Å². The molecule has 1 aromatic rings. The second-order valence-corrected chi connectivity index (χ2v) is 3.69. The van der Waals surface area contributed by atoms with Crippen molar-refractivity contribution in [3.8, 4) is 0 Å². The zero-order chi connectivity index (χ0) is 10.8. The lowest BCUT2D eigenvalue weighted by atomic mass is 9.95. The van der Waals surface area contributed by atoms with E-state index in [-0.39, 0.29) is 12.2 Å². The van der Waals surface area contributed by atoms with Crippen LogP contribution >= 0.6 is 0 Å². The minimum atomic E-state index is -1.27. The number of halogens is 1. The highest BCUT2D eigenvalue weighted by atomic mass is 19.1. The molecule has 1 rings (SSSR count). The van der Waals surface area contributed by atoms with Gasteiger partial charge >= 0.3 is 0 Å². The largest absolute Gasteiger partial charge is 0.383 e. The zero-order valence-electron chi connectivity index (χ0n) is 8.67. The summed E-state index contributed by atoms with van der Waals surface area (Å²) in [5, 5.41) is 9.93. The van der Waals surface area contributed by atoms with Crippen LogP contribution in [-0.4, -0.2) is 18.8 Å². The summed E-state index contributed by atoms with van der Waals surface area (Å²) in [5.41, 5.74) is -0.0812. The first-order valence-corrected chi connectivity index (χ1v) is 4.45. The number of benzene rings is 1. The van der Waals surface area contributed by atoms with Crippen molar-refractivity contribution in [2.24, 2.45) is 0 Å². The van der Waals surface area contributed by atoms with E-state index < -0.39 is 11.4 Å². The first-order valence-electron chi connectivity index (χ1n) is 4.45. The average molecular weight is 198 g/mol. The monoisotopic (exact) mass is 198 g/mol. The number of rotatable bonds is 3. The van der Waals surface area contributed by atoms with Gasteiger partial charge in [0.2, 0.25) is 0 Å². The molecule has 0 aromatic heterocycles. The van der Waals surface area contributed by atoms with Gasteiger partial charge in [0.1, 0.15) is 11.4 Å². The third-order valence-corrected chi connectivity index (χ3v) is 2.13. The van der Waals surface area contributed by atoms with Gasteiger partial charge in [0.05, 0.1) is 6.61 Å². The second-order valence-electron chi connectivity index (χ2n) is 3.69. The molecule has 0 spiro atoms. The molecular weight excluding hydrogens is 183 g/mol. The fourth-order valence-electron chi connectivity index (χ4n) is 1.41. The fraction of sp³-hybridized carbons (Fsp3) is 0.455. The van der Waals surface area contributed by atoms with Crippen LogP contribution in [0.15, 0.2) is 18.2 Å². The number of methoxy groups -OCH3 is 1. The molecule has 0 heterocycles. The second kappa shape index (κ2) is 4.07. The van der Waals surface area contributed by atoms with Gasteiger partial charge in [-0.05, 0) is 19.9 Å². The van der Waals surface area contributed by atoms with Crippen molar-refractivity contribution in [2.75, 3.05) is 13.7 Å². The maximum atomic E-state index is 13.4. The number of hydrogen-bond donors (Lipinski definition) is 1. The molecule has 0 aliphatic carbocycles. The smallest absolute Gasteiger partial charge is 0.129 e. The van der Waals surface area contributed by atoms with Crippen molar-refractivity contribution in [2.45, 2.75) is 19.4 Å². The molecule has 0 fully saturated rings. The van der Waals surface area contributed by atoms with Gasteiger partial charge < -0.3 is 9.84 Å². The molecule has 0 saturated carbocycles. The predicted octanol–water partition coefficient (Wildman–Crippen LogP) is 1.99. The van der Waals surface area contributed by atoms with Crippen molar-refractivity contribution in [3.05, 3.63) is 35.1 Å². The summed E-state index contributed by atoms with van der Waals surface area (Å²) in [4.78, 5) is 0. The lowest BCUT2D eigenvalue weighted by Gasteiger charge is -2.23. The molecule has 0 aliphatic heterocycles. The SMILES string of the molecule is COCC(C)(O)c1cc(C)ccc1F. The van der Waals surface area contributed by atoms with E-state index >= 15 is 0 Å². The molecule has 0 bridgehead atoms. The van der Waals surface area contributed by atoms with Gasteiger partial charge in [-0.25, -0.2) is 4.39 Å². The Morgan fingerprint density at radius 1 is 1.50 bits per heavy atom. The summed E-state index contributed by atoms with van der Waals surface area (Å²) in [6, 6.07) is 4.66. The van der Waals surface area contributed by atoms with Gasteiger partial charge in [-0.1, -0.05) is 17.7 Å². The maximum absolute atomic E-state index is 13.4. The van der Waals surface area contributed by atoms with Crippen LogP contribution < -0.4 is 0 Å². The summed E-state index contributed by atoms with van der Waals surface area (Å²) in [7, 11) is 1.47. The molecule has 1 N–H and O–H groups in total. The Kier molecular flexibility index (Phi) is 3.24. The Balaban J connectivity index is 3.10. The Morgan fingerprint density at radius 3 is 2.71 bits per heavy atom. The summed E-state index contributed by atoms with van der Waals surface area (Å²) in [6.45, 7) is 3.47. The molecular formula is C11H15FO2. The van der Waals surface area contributed by atoms with Crippen LogP contribution in [0.5, 0.6) is 0 Å². The summed E-state index contributed by atoms with van der Waals surface area (Å²) < 4.78 is 18.2. The fourth-order valence-corrected chi connectivity index (χ4v) is 1.41. The van der Waals surface area contributed by atoms with Gasteiger partial charge in [0.25, 0.3) is 0 Å². The van der Waals surface area contributed by atoms with E-state index in [0.29, 0.717) is 0 Å². The summed E-state index contributed by atoms with van der Waals surface area (Å²) in [5.74, 6) is -0.405. The normalized spacial score (nSPS) is 15.2. The van der Waals surface area contributed by atoms with E-state index in [4.69, 9.17) is 4.74 Å². The van der Waals surface area contributed by atoms with E-state index in [1.807, 2.05) is 6.92 Å². The number of aryl methyl sites for hydroxylation is 1. The van der Waals surface area contributed by atoms with Gasteiger partial charge in [0, 0.05) is 12.7 Å². The molecule has 1 aromatic carbocycles. The van der Waals surface area contributed by atoms with Crippen LogP contribution in [0.2, 0.25) is 0 Å². The van der Waals surface area contributed by atoms with Crippen LogP contribution in [0.3, 0.4) is 0 Å². The third kappa shape index (κ3) is 2.30. The van der Waals surface area contributed by atoms with E-state index in [9.17, 15) is 9.50 Å². The lowest BCUT2D eigenvalue weighted by Crippen LogP contribution is -2.28. The van der Waals surface area contributed by atoms with E-state index in [1.165, 1.54) is 20.1 Å². The highest BCUT2D eigenvalue weighted by Gasteiger charge is 2.26. The van der Waals surface area contributed by atoms with Crippen molar-refractivity contribution in [1.29, 1.82) is 0 Å². The molecule has 1 unspecified atom stereocenters. The Bertz CT molecular complexity index is 321. The van der Waals surface area contributed by atoms with E-state index in [1.54, 1.807) is 12.1 Å². The molecule has 3 heteroatoms. The number of ether oxygens (including phenoxy) is 1. The van der Waals surface area contributed by atoms with Crippen molar-refractivity contribution >= 4 is 0 Å². The third-order valence-electron chi connectivity index (χ3n) is 2.13. The first kappa shape index (κ1) is 11.1. The standard InChI is InChI=1S/C11H15FO2/c1-8-4-5-10(12)9(6-8)11(2,13)7-14-3/h4-6,13H,7H2,1-3H3. The Morgan fingerprint density at radius 2 is 2.14 bits per heavy atom. The molecule has 0 aliphatic rings. The Hall–Kier alpha value is -0.930. The molecule has 14 heavy (non-hydrogen) atoms. The average Bonchev–Trinajstić information content (AvgIpc) is 2.09. The van der Waals surface area contributed by atoms with Crippen LogP contribution in [0.4, 0.5) is 4.39 Å². The predicted molar refractivity (Wildman–Crippen MR) is 52.6 cm³/mol. The van der Waals surface area contributed by atoms with Crippen LogP contribution in [-0.2, 0) is 10.3 Å².